The molecule has 1 aliphatic rings. The monoisotopic (exact) mass is 288 g/mol. The Hall–Kier alpha value is -1.00. The molecular formula is C12H14Cl2N2O2. The van der Waals surface area contributed by atoms with Crippen molar-refractivity contribution in [2.24, 2.45) is 5.41 Å². The van der Waals surface area contributed by atoms with E-state index in [1.807, 2.05) is 6.07 Å². The second-order valence-corrected chi connectivity index (χ2v) is 6.09. The van der Waals surface area contributed by atoms with Gasteiger partial charge in [-0.25, -0.2) is 4.98 Å². The number of carbonyl (C=O) groups is 1. The fraction of sp³-hybridized carbons (Fsp3) is 0.500. The van der Waals surface area contributed by atoms with Crippen LogP contribution in [0.5, 0.6) is 5.88 Å². The fourth-order valence-electron chi connectivity index (χ4n) is 1.66. The number of hydrogen-bond donors (Lipinski definition) is 1. The van der Waals surface area contributed by atoms with Gasteiger partial charge in [0.25, 0.3) is 0 Å². The van der Waals surface area contributed by atoms with Crippen LogP contribution in [0.15, 0.2) is 18.3 Å². The summed E-state index contributed by atoms with van der Waals surface area (Å²) in [5, 5.41) is 2.81. The van der Waals surface area contributed by atoms with Crippen LogP contribution in [-0.2, 0) is 11.3 Å². The van der Waals surface area contributed by atoms with Crippen LogP contribution in [0.1, 0.15) is 18.9 Å². The van der Waals surface area contributed by atoms with Gasteiger partial charge in [0.2, 0.25) is 11.8 Å². The third-order valence-corrected chi connectivity index (χ3v) is 4.32. The normalized spacial score (nSPS) is 24.4. The minimum Gasteiger partial charge on any atom is -0.481 e. The molecule has 1 amide bonds. The van der Waals surface area contributed by atoms with Crippen molar-refractivity contribution in [2.45, 2.75) is 24.2 Å². The largest absolute Gasteiger partial charge is 0.481 e. The van der Waals surface area contributed by atoms with Crippen LogP contribution in [-0.4, -0.2) is 22.3 Å². The average molecular weight is 289 g/mol. The smallest absolute Gasteiger partial charge is 0.229 e. The minimum atomic E-state index is -0.935. The van der Waals surface area contributed by atoms with E-state index in [0.717, 1.165) is 5.56 Å². The number of aromatic nitrogens is 1. The van der Waals surface area contributed by atoms with Crippen molar-refractivity contribution in [2.75, 3.05) is 7.11 Å². The molecule has 0 bridgehead atoms. The van der Waals surface area contributed by atoms with Gasteiger partial charge in [0, 0.05) is 18.8 Å². The predicted octanol–water partition coefficient (Wildman–Crippen LogP) is 2.29. The first-order valence-electron chi connectivity index (χ1n) is 5.54. The number of nitrogens with one attached hydrogen (secondary N) is 1. The molecule has 1 atom stereocenters. The highest BCUT2D eigenvalue weighted by Crippen LogP contribution is 2.63. The number of amides is 1. The Morgan fingerprint density at radius 3 is 2.67 bits per heavy atom. The zero-order valence-electron chi connectivity index (χ0n) is 10.2. The molecule has 1 unspecified atom stereocenters. The molecule has 0 radical (unpaired) electrons. The molecule has 0 spiro atoms. The maximum atomic E-state index is 11.9. The third-order valence-electron chi connectivity index (χ3n) is 3.22. The summed E-state index contributed by atoms with van der Waals surface area (Å²) in [6.07, 6.45) is 2.14. The Labute approximate surface area is 116 Å². The molecule has 1 aliphatic carbocycles. The van der Waals surface area contributed by atoms with E-state index in [0.29, 0.717) is 18.8 Å². The quantitative estimate of drug-likeness (QED) is 0.865. The molecule has 0 aromatic carbocycles. The Kier molecular flexibility index (Phi) is 3.43. The lowest BCUT2D eigenvalue weighted by Crippen LogP contribution is -2.32. The summed E-state index contributed by atoms with van der Waals surface area (Å²) >= 11 is 11.9. The van der Waals surface area contributed by atoms with E-state index < -0.39 is 9.75 Å². The highest BCUT2D eigenvalue weighted by Gasteiger charge is 2.67. The Balaban J connectivity index is 1.90. The maximum absolute atomic E-state index is 11.9. The SMILES string of the molecule is COc1ccc(CNC(=O)C2(C)CC2(Cl)Cl)cn1. The van der Waals surface area contributed by atoms with Crippen molar-refractivity contribution in [3.63, 3.8) is 0 Å². The van der Waals surface area contributed by atoms with Crippen molar-refractivity contribution >= 4 is 29.1 Å². The molecule has 1 N–H and O–H groups in total. The molecule has 18 heavy (non-hydrogen) atoms. The number of nitrogens with zero attached hydrogens (tertiary/aromatic N) is 1. The van der Waals surface area contributed by atoms with Gasteiger partial charge in [0.15, 0.2) is 0 Å². The van der Waals surface area contributed by atoms with E-state index in [9.17, 15) is 4.79 Å². The summed E-state index contributed by atoms with van der Waals surface area (Å²) in [6, 6.07) is 3.59. The van der Waals surface area contributed by atoms with Crippen LogP contribution in [0, 0.1) is 5.41 Å². The summed E-state index contributed by atoms with van der Waals surface area (Å²) < 4.78 is 4.02. The van der Waals surface area contributed by atoms with Gasteiger partial charge in [-0.1, -0.05) is 6.07 Å². The van der Waals surface area contributed by atoms with Gasteiger partial charge in [0.05, 0.1) is 12.5 Å². The summed E-state index contributed by atoms with van der Waals surface area (Å²) in [7, 11) is 1.55. The first kappa shape index (κ1) is 13.4. The molecule has 1 aromatic rings. The number of pyridine rings is 1. The van der Waals surface area contributed by atoms with Gasteiger partial charge in [-0.2, -0.15) is 0 Å². The van der Waals surface area contributed by atoms with Crippen molar-refractivity contribution in [1.29, 1.82) is 0 Å². The molecule has 0 saturated heterocycles. The van der Waals surface area contributed by atoms with Gasteiger partial charge in [0.1, 0.15) is 4.33 Å². The lowest BCUT2D eigenvalue weighted by Gasteiger charge is -2.12. The number of carbonyl (C=O) groups excluding carboxylic acids is 1. The highest BCUT2D eigenvalue weighted by atomic mass is 35.5. The molecule has 2 rings (SSSR count). The van der Waals surface area contributed by atoms with Crippen LogP contribution in [0.25, 0.3) is 0 Å². The number of hydrogen-bond acceptors (Lipinski definition) is 3. The van der Waals surface area contributed by atoms with Crippen molar-refractivity contribution in [1.82, 2.24) is 10.3 Å². The first-order valence-corrected chi connectivity index (χ1v) is 6.30. The minimum absolute atomic E-state index is 0.136. The Morgan fingerprint density at radius 2 is 2.22 bits per heavy atom. The molecule has 1 fully saturated rings. The molecule has 1 aromatic heterocycles. The lowest BCUT2D eigenvalue weighted by atomic mass is 10.1. The van der Waals surface area contributed by atoms with Crippen LogP contribution in [0.4, 0.5) is 0 Å². The van der Waals surface area contributed by atoms with E-state index in [4.69, 9.17) is 27.9 Å². The van der Waals surface area contributed by atoms with Gasteiger partial charge < -0.3 is 10.1 Å². The molecule has 1 heterocycles. The topological polar surface area (TPSA) is 51.2 Å². The summed E-state index contributed by atoms with van der Waals surface area (Å²) in [5.41, 5.74) is 0.207. The molecule has 1 saturated carbocycles. The summed E-state index contributed by atoms with van der Waals surface area (Å²) in [4.78, 5) is 16.0. The number of ether oxygens (including phenoxy) is 1. The predicted molar refractivity (Wildman–Crippen MR) is 69.8 cm³/mol. The maximum Gasteiger partial charge on any atom is 0.229 e. The molecule has 6 heteroatoms. The van der Waals surface area contributed by atoms with E-state index >= 15 is 0 Å². The Morgan fingerprint density at radius 1 is 1.56 bits per heavy atom. The van der Waals surface area contributed by atoms with E-state index in [1.54, 1.807) is 26.3 Å². The van der Waals surface area contributed by atoms with Crippen LogP contribution < -0.4 is 10.1 Å². The van der Waals surface area contributed by atoms with Crippen molar-refractivity contribution in [3.8, 4) is 5.88 Å². The van der Waals surface area contributed by atoms with Crippen LogP contribution >= 0.6 is 23.2 Å². The number of alkyl halides is 2. The highest BCUT2D eigenvalue weighted by molar-refractivity contribution is 6.53. The number of rotatable bonds is 4. The summed E-state index contributed by atoms with van der Waals surface area (Å²) in [6.45, 7) is 2.16. The first-order chi connectivity index (χ1) is 8.39. The number of methoxy groups -OCH3 is 1. The van der Waals surface area contributed by atoms with Gasteiger partial charge in [-0.05, 0) is 18.9 Å². The number of halogens is 2. The van der Waals surface area contributed by atoms with E-state index in [-0.39, 0.29) is 5.91 Å². The molecule has 98 valence electrons. The second kappa shape index (κ2) is 4.59. The zero-order valence-corrected chi connectivity index (χ0v) is 11.7. The van der Waals surface area contributed by atoms with E-state index in [1.165, 1.54) is 0 Å². The van der Waals surface area contributed by atoms with Gasteiger partial charge in [-0.15, -0.1) is 23.2 Å². The standard InChI is InChI=1S/C12H14Cl2N2O2/c1-11(7-12(11,13)14)10(17)16-6-8-3-4-9(18-2)15-5-8/h3-5H,6-7H2,1-2H3,(H,16,17). The van der Waals surface area contributed by atoms with Crippen molar-refractivity contribution < 1.29 is 9.53 Å². The zero-order chi connectivity index (χ0) is 13.4. The van der Waals surface area contributed by atoms with Crippen molar-refractivity contribution in [3.05, 3.63) is 23.9 Å². The van der Waals surface area contributed by atoms with Gasteiger partial charge >= 0.3 is 0 Å². The van der Waals surface area contributed by atoms with E-state index in [2.05, 4.69) is 10.3 Å². The fourth-order valence-corrected chi connectivity index (χ4v) is 2.37. The molecule has 4 nitrogen and oxygen atoms in total. The third kappa shape index (κ3) is 2.40. The molecule has 0 aliphatic heterocycles. The Bertz CT molecular complexity index is 462. The lowest BCUT2D eigenvalue weighted by molar-refractivity contribution is -0.125. The van der Waals surface area contributed by atoms with Crippen LogP contribution in [0.2, 0.25) is 0 Å². The van der Waals surface area contributed by atoms with Crippen LogP contribution in [0.3, 0.4) is 0 Å². The van der Waals surface area contributed by atoms with Gasteiger partial charge in [-0.3, -0.25) is 4.79 Å². The second-order valence-electron chi connectivity index (χ2n) is 4.60. The molecular weight excluding hydrogens is 275 g/mol. The summed E-state index contributed by atoms with van der Waals surface area (Å²) in [5.74, 6) is 0.406. The average Bonchev–Trinajstić information content (AvgIpc) is 2.87.